The number of hydrogen-bond donors (Lipinski definition) is 1. The first-order valence-corrected chi connectivity index (χ1v) is 8.00. The normalized spacial score (nSPS) is 10.3. The van der Waals surface area contributed by atoms with Crippen molar-refractivity contribution in [2.75, 3.05) is 26.2 Å². The van der Waals surface area contributed by atoms with E-state index in [4.69, 9.17) is 4.42 Å². The van der Waals surface area contributed by atoms with Crippen molar-refractivity contribution in [3.63, 3.8) is 0 Å². The quantitative estimate of drug-likeness (QED) is 0.640. The molecule has 24 heavy (non-hydrogen) atoms. The van der Waals surface area contributed by atoms with Crippen LogP contribution in [0.15, 0.2) is 40.8 Å². The van der Waals surface area contributed by atoms with Gasteiger partial charge >= 0.3 is 0 Å². The highest BCUT2D eigenvalue weighted by Crippen LogP contribution is 2.22. The van der Waals surface area contributed by atoms with Crippen molar-refractivity contribution < 1.29 is 8.81 Å². The summed E-state index contributed by atoms with van der Waals surface area (Å²) in [5, 5.41) is 3.40. The third kappa shape index (κ3) is 7.22. The van der Waals surface area contributed by atoms with Gasteiger partial charge in [-0.05, 0) is 69.0 Å². The van der Waals surface area contributed by atoms with E-state index >= 15 is 0 Å². The second kappa shape index (κ2) is 12.3. The van der Waals surface area contributed by atoms with E-state index in [0.29, 0.717) is 0 Å². The van der Waals surface area contributed by atoms with E-state index in [2.05, 4.69) is 24.1 Å². The SMILES string of the molecule is CCN(CC)CCCNCc1ccc(-c2ccc(F)cc2)o1.Cl.Cl. The van der Waals surface area contributed by atoms with E-state index in [1.165, 1.54) is 12.1 Å². The standard InChI is InChI=1S/C18H25FN2O.2ClH/c1-3-21(4-2)13-5-12-20-14-17-10-11-18(22-17)15-6-8-16(19)9-7-15;;/h6-11,20H,3-5,12-14H2,1-2H3;2*1H. The summed E-state index contributed by atoms with van der Waals surface area (Å²) >= 11 is 0. The Kier molecular flexibility index (Phi) is 11.8. The van der Waals surface area contributed by atoms with Crippen molar-refractivity contribution in [1.82, 2.24) is 10.2 Å². The van der Waals surface area contributed by atoms with Gasteiger partial charge in [0.2, 0.25) is 0 Å². The van der Waals surface area contributed by atoms with E-state index in [0.717, 1.165) is 56.2 Å². The summed E-state index contributed by atoms with van der Waals surface area (Å²) in [6.45, 7) is 9.42. The molecule has 0 amide bonds. The lowest BCUT2D eigenvalue weighted by atomic mass is 10.2. The Labute approximate surface area is 156 Å². The molecule has 136 valence electrons. The van der Waals surface area contributed by atoms with E-state index < -0.39 is 0 Å². The number of benzene rings is 1. The van der Waals surface area contributed by atoms with Gasteiger partial charge in [0.25, 0.3) is 0 Å². The summed E-state index contributed by atoms with van der Waals surface area (Å²) in [6, 6.07) is 10.3. The van der Waals surface area contributed by atoms with Gasteiger partial charge in [0, 0.05) is 5.56 Å². The van der Waals surface area contributed by atoms with Gasteiger partial charge < -0.3 is 14.6 Å². The fraction of sp³-hybridized carbons (Fsp3) is 0.444. The molecule has 6 heteroatoms. The van der Waals surface area contributed by atoms with Crippen molar-refractivity contribution in [2.45, 2.75) is 26.8 Å². The van der Waals surface area contributed by atoms with Crippen molar-refractivity contribution in [2.24, 2.45) is 0 Å². The average molecular weight is 377 g/mol. The van der Waals surface area contributed by atoms with Crippen LogP contribution in [0.5, 0.6) is 0 Å². The molecule has 0 saturated carbocycles. The van der Waals surface area contributed by atoms with Gasteiger partial charge in [-0.3, -0.25) is 0 Å². The second-order valence-electron chi connectivity index (χ2n) is 5.33. The monoisotopic (exact) mass is 376 g/mol. The lowest BCUT2D eigenvalue weighted by Crippen LogP contribution is -2.27. The van der Waals surface area contributed by atoms with Crippen LogP contribution in [0.2, 0.25) is 0 Å². The third-order valence-corrected chi connectivity index (χ3v) is 3.81. The van der Waals surface area contributed by atoms with Crippen molar-refractivity contribution in [3.05, 3.63) is 48.0 Å². The maximum Gasteiger partial charge on any atom is 0.134 e. The molecule has 0 unspecified atom stereocenters. The molecule has 0 atom stereocenters. The van der Waals surface area contributed by atoms with Crippen LogP contribution >= 0.6 is 24.8 Å². The minimum absolute atomic E-state index is 0. The molecule has 0 saturated heterocycles. The predicted octanol–water partition coefficient (Wildman–Crippen LogP) is 4.75. The van der Waals surface area contributed by atoms with E-state index in [1.54, 1.807) is 12.1 Å². The van der Waals surface area contributed by atoms with Crippen LogP contribution in [0, 0.1) is 5.82 Å². The molecule has 2 rings (SSSR count). The summed E-state index contributed by atoms with van der Waals surface area (Å²) in [5.74, 6) is 1.45. The van der Waals surface area contributed by atoms with Gasteiger partial charge in [-0.1, -0.05) is 13.8 Å². The van der Waals surface area contributed by atoms with Crippen LogP contribution in [0.1, 0.15) is 26.0 Å². The smallest absolute Gasteiger partial charge is 0.134 e. The lowest BCUT2D eigenvalue weighted by Gasteiger charge is -2.17. The molecule has 1 heterocycles. The second-order valence-corrected chi connectivity index (χ2v) is 5.33. The Morgan fingerprint density at radius 1 is 1.00 bits per heavy atom. The minimum Gasteiger partial charge on any atom is -0.460 e. The molecule has 0 aliphatic rings. The Morgan fingerprint density at radius 2 is 1.67 bits per heavy atom. The number of nitrogens with one attached hydrogen (secondary N) is 1. The zero-order valence-electron chi connectivity index (χ0n) is 14.3. The van der Waals surface area contributed by atoms with Crippen LogP contribution in [0.4, 0.5) is 4.39 Å². The van der Waals surface area contributed by atoms with Gasteiger partial charge in [-0.2, -0.15) is 0 Å². The molecular weight excluding hydrogens is 350 g/mol. The molecule has 0 radical (unpaired) electrons. The van der Waals surface area contributed by atoms with Crippen LogP contribution < -0.4 is 5.32 Å². The fourth-order valence-electron chi connectivity index (χ4n) is 2.42. The Morgan fingerprint density at radius 3 is 2.29 bits per heavy atom. The van der Waals surface area contributed by atoms with Crippen molar-refractivity contribution in [1.29, 1.82) is 0 Å². The van der Waals surface area contributed by atoms with Crippen LogP contribution in [0.25, 0.3) is 11.3 Å². The van der Waals surface area contributed by atoms with Gasteiger partial charge in [-0.15, -0.1) is 24.8 Å². The Bertz CT molecular complexity index is 556. The highest BCUT2D eigenvalue weighted by Gasteiger charge is 2.05. The summed E-state index contributed by atoms with van der Waals surface area (Å²) in [5.41, 5.74) is 0.897. The highest BCUT2D eigenvalue weighted by molar-refractivity contribution is 5.85. The van der Waals surface area contributed by atoms with Gasteiger partial charge in [-0.25, -0.2) is 4.39 Å². The molecule has 0 bridgehead atoms. The molecule has 0 aliphatic heterocycles. The predicted molar refractivity (Wildman–Crippen MR) is 103 cm³/mol. The number of rotatable bonds is 9. The van der Waals surface area contributed by atoms with Crippen LogP contribution in [-0.4, -0.2) is 31.1 Å². The fourth-order valence-corrected chi connectivity index (χ4v) is 2.42. The maximum atomic E-state index is 12.9. The lowest BCUT2D eigenvalue weighted by molar-refractivity contribution is 0.297. The van der Waals surface area contributed by atoms with Gasteiger partial charge in [0.1, 0.15) is 17.3 Å². The first-order valence-electron chi connectivity index (χ1n) is 8.00. The Hall–Kier alpha value is -1.07. The molecule has 2 aromatic rings. The summed E-state index contributed by atoms with van der Waals surface area (Å²) < 4.78 is 18.7. The molecule has 1 aromatic heterocycles. The first-order chi connectivity index (χ1) is 10.7. The minimum atomic E-state index is -0.231. The average Bonchev–Trinajstić information content (AvgIpc) is 3.00. The maximum absolute atomic E-state index is 12.9. The Balaban J connectivity index is 0.00000264. The molecule has 1 aromatic carbocycles. The van der Waals surface area contributed by atoms with Gasteiger partial charge in [0.05, 0.1) is 6.54 Å². The van der Waals surface area contributed by atoms with Crippen molar-refractivity contribution in [3.8, 4) is 11.3 Å². The summed E-state index contributed by atoms with van der Waals surface area (Å²) in [7, 11) is 0. The zero-order chi connectivity index (χ0) is 15.8. The summed E-state index contributed by atoms with van der Waals surface area (Å²) in [6.07, 6.45) is 1.13. The third-order valence-electron chi connectivity index (χ3n) is 3.81. The molecule has 0 spiro atoms. The molecule has 3 nitrogen and oxygen atoms in total. The molecular formula is C18H27Cl2FN2O. The van der Waals surface area contributed by atoms with Crippen molar-refractivity contribution >= 4 is 24.8 Å². The topological polar surface area (TPSA) is 28.4 Å². The summed E-state index contributed by atoms with van der Waals surface area (Å²) in [4.78, 5) is 2.42. The molecule has 1 N–H and O–H groups in total. The number of halogens is 3. The largest absolute Gasteiger partial charge is 0.460 e. The highest BCUT2D eigenvalue weighted by atomic mass is 35.5. The molecule has 0 fully saturated rings. The number of nitrogens with zero attached hydrogens (tertiary/aromatic N) is 1. The van der Waals surface area contributed by atoms with Crippen LogP contribution in [0.3, 0.4) is 0 Å². The molecule has 0 aliphatic carbocycles. The number of hydrogen-bond acceptors (Lipinski definition) is 3. The van der Waals surface area contributed by atoms with E-state index in [9.17, 15) is 4.39 Å². The van der Waals surface area contributed by atoms with Gasteiger partial charge in [0.15, 0.2) is 0 Å². The zero-order valence-corrected chi connectivity index (χ0v) is 15.9. The van der Waals surface area contributed by atoms with E-state index in [-0.39, 0.29) is 30.6 Å². The number of furan rings is 1. The first kappa shape index (κ1) is 22.9. The van der Waals surface area contributed by atoms with Crippen LogP contribution in [-0.2, 0) is 6.54 Å². The van der Waals surface area contributed by atoms with E-state index in [1.807, 2.05) is 12.1 Å².